The highest BCUT2D eigenvalue weighted by molar-refractivity contribution is 5.28. The van der Waals surface area contributed by atoms with E-state index >= 15 is 0 Å². The van der Waals surface area contributed by atoms with Crippen LogP contribution in [0.5, 0.6) is 5.75 Å². The van der Waals surface area contributed by atoms with Crippen LogP contribution in [0, 0.1) is 0 Å². The average Bonchev–Trinajstić information content (AvgIpc) is 2.80. The lowest BCUT2D eigenvalue weighted by molar-refractivity contribution is 0.143. The number of rotatable bonds is 7. The predicted octanol–water partition coefficient (Wildman–Crippen LogP) is 3.94. The SMILES string of the molecule is C=C(C)COc1ccc(C(O)CCN2CCCCCC2)cc1. The molecule has 0 saturated carbocycles. The molecule has 0 radical (unpaired) electrons. The number of likely N-dealkylation sites (tertiary alicyclic amines) is 1. The Bertz CT molecular complexity index is 447. The molecular weight excluding hydrogens is 274 g/mol. The Morgan fingerprint density at radius 1 is 1.18 bits per heavy atom. The minimum Gasteiger partial charge on any atom is -0.489 e. The number of hydrogen-bond donors (Lipinski definition) is 1. The van der Waals surface area contributed by atoms with Crippen molar-refractivity contribution in [2.45, 2.75) is 45.1 Å². The Kier molecular flexibility index (Phi) is 6.94. The number of ether oxygens (including phenoxy) is 1. The molecule has 3 heteroatoms. The second kappa shape index (κ2) is 8.96. The van der Waals surface area contributed by atoms with Crippen molar-refractivity contribution in [3.63, 3.8) is 0 Å². The summed E-state index contributed by atoms with van der Waals surface area (Å²) in [4.78, 5) is 2.49. The van der Waals surface area contributed by atoms with E-state index in [-0.39, 0.29) is 0 Å². The number of aliphatic hydroxyl groups is 1. The molecule has 22 heavy (non-hydrogen) atoms. The van der Waals surface area contributed by atoms with E-state index in [0.29, 0.717) is 6.61 Å². The van der Waals surface area contributed by atoms with Crippen LogP contribution in [0.4, 0.5) is 0 Å². The van der Waals surface area contributed by atoms with E-state index in [1.807, 2.05) is 31.2 Å². The highest BCUT2D eigenvalue weighted by Crippen LogP contribution is 2.21. The maximum Gasteiger partial charge on any atom is 0.119 e. The van der Waals surface area contributed by atoms with Crippen molar-refractivity contribution >= 4 is 0 Å². The van der Waals surface area contributed by atoms with Crippen LogP contribution in [0.1, 0.15) is 50.7 Å². The first-order valence-electron chi connectivity index (χ1n) is 8.43. The van der Waals surface area contributed by atoms with Gasteiger partial charge in [0.1, 0.15) is 12.4 Å². The van der Waals surface area contributed by atoms with E-state index in [4.69, 9.17) is 4.74 Å². The predicted molar refractivity (Wildman–Crippen MR) is 91.2 cm³/mol. The van der Waals surface area contributed by atoms with Crippen LogP contribution < -0.4 is 4.74 Å². The molecule has 0 aromatic heterocycles. The van der Waals surface area contributed by atoms with Gasteiger partial charge < -0.3 is 14.7 Å². The molecule has 0 amide bonds. The molecule has 1 N–H and O–H groups in total. The molecule has 1 fully saturated rings. The highest BCUT2D eigenvalue weighted by atomic mass is 16.5. The average molecular weight is 303 g/mol. The summed E-state index contributed by atoms with van der Waals surface area (Å²) in [5.74, 6) is 0.825. The summed E-state index contributed by atoms with van der Waals surface area (Å²) in [6, 6.07) is 7.77. The van der Waals surface area contributed by atoms with Gasteiger partial charge in [-0.15, -0.1) is 0 Å². The first kappa shape index (κ1) is 17.0. The fourth-order valence-electron chi connectivity index (χ4n) is 2.82. The van der Waals surface area contributed by atoms with E-state index in [1.54, 1.807) is 0 Å². The van der Waals surface area contributed by atoms with E-state index in [2.05, 4.69) is 11.5 Å². The minimum absolute atomic E-state index is 0.390. The van der Waals surface area contributed by atoms with Crippen molar-refractivity contribution < 1.29 is 9.84 Å². The van der Waals surface area contributed by atoms with Crippen molar-refractivity contribution in [2.24, 2.45) is 0 Å². The van der Waals surface area contributed by atoms with Crippen molar-refractivity contribution in [2.75, 3.05) is 26.2 Å². The van der Waals surface area contributed by atoms with Gasteiger partial charge in [-0.3, -0.25) is 0 Å². The Morgan fingerprint density at radius 3 is 2.41 bits per heavy atom. The van der Waals surface area contributed by atoms with Crippen LogP contribution >= 0.6 is 0 Å². The first-order chi connectivity index (χ1) is 10.6. The minimum atomic E-state index is -0.390. The zero-order valence-corrected chi connectivity index (χ0v) is 13.8. The molecule has 1 aromatic rings. The van der Waals surface area contributed by atoms with Crippen molar-refractivity contribution in [1.82, 2.24) is 4.90 Å². The zero-order valence-electron chi connectivity index (χ0n) is 13.8. The second-order valence-electron chi connectivity index (χ2n) is 6.38. The smallest absolute Gasteiger partial charge is 0.119 e. The van der Waals surface area contributed by atoms with Gasteiger partial charge in [0.15, 0.2) is 0 Å². The van der Waals surface area contributed by atoms with Crippen molar-refractivity contribution in [1.29, 1.82) is 0 Å². The molecule has 3 nitrogen and oxygen atoms in total. The second-order valence-corrected chi connectivity index (χ2v) is 6.38. The normalized spacial score (nSPS) is 17.7. The third-order valence-electron chi connectivity index (χ3n) is 4.17. The number of hydrogen-bond acceptors (Lipinski definition) is 3. The van der Waals surface area contributed by atoms with Gasteiger partial charge in [0.25, 0.3) is 0 Å². The Hall–Kier alpha value is -1.32. The molecule has 122 valence electrons. The van der Waals surface area contributed by atoms with Crippen molar-refractivity contribution in [3.8, 4) is 5.75 Å². The third kappa shape index (κ3) is 5.82. The molecule has 1 saturated heterocycles. The van der Waals surface area contributed by atoms with Gasteiger partial charge in [0.05, 0.1) is 6.10 Å². The zero-order chi connectivity index (χ0) is 15.8. The topological polar surface area (TPSA) is 32.7 Å². The van der Waals surface area contributed by atoms with E-state index in [0.717, 1.165) is 29.9 Å². The van der Waals surface area contributed by atoms with Gasteiger partial charge in [0, 0.05) is 6.54 Å². The van der Waals surface area contributed by atoms with Gasteiger partial charge >= 0.3 is 0 Å². The van der Waals surface area contributed by atoms with Gasteiger partial charge in [-0.05, 0) is 62.5 Å². The van der Waals surface area contributed by atoms with Crippen LogP contribution in [-0.4, -0.2) is 36.2 Å². The van der Waals surface area contributed by atoms with Crippen LogP contribution in [0.2, 0.25) is 0 Å². The maximum atomic E-state index is 10.3. The molecule has 0 bridgehead atoms. The number of benzene rings is 1. The van der Waals surface area contributed by atoms with Gasteiger partial charge in [-0.2, -0.15) is 0 Å². The van der Waals surface area contributed by atoms with Crippen LogP contribution in [0.3, 0.4) is 0 Å². The van der Waals surface area contributed by atoms with Crippen LogP contribution in [0.25, 0.3) is 0 Å². The Morgan fingerprint density at radius 2 is 1.82 bits per heavy atom. The summed E-state index contributed by atoms with van der Waals surface area (Å²) in [6.07, 6.45) is 5.70. The van der Waals surface area contributed by atoms with Crippen LogP contribution in [-0.2, 0) is 0 Å². The monoisotopic (exact) mass is 303 g/mol. The summed E-state index contributed by atoms with van der Waals surface area (Å²) in [6.45, 7) is 9.65. The molecule has 1 aromatic carbocycles. The summed E-state index contributed by atoms with van der Waals surface area (Å²) in [7, 11) is 0. The summed E-state index contributed by atoms with van der Waals surface area (Å²) in [5, 5.41) is 10.3. The van der Waals surface area contributed by atoms with E-state index in [9.17, 15) is 5.11 Å². The molecule has 1 heterocycles. The third-order valence-corrected chi connectivity index (χ3v) is 4.17. The summed E-state index contributed by atoms with van der Waals surface area (Å²) < 4.78 is 5.58. The molecule has 0 aliphatic carbocycles. The first-order valence-corrected chi connectivity index (χ1v) is 8.43. The molecule has 1 unspecified atom stereocenters. The molecular formula is C19H29NO2. The lowest BCUT2D eigenvalue weighted by Crippen LogP contribution is -2.26. The molecule has 1 aliphatic rings. The lowest BCUT2D eigenvalue weighted by Gasteiger charge is -2.21. The van der Waals surface area contributed by atoms with Gasteiger partial charge in [0.2, 0.25) is 0 Å². The maximum absolute atomic E-state index is 10.3. The summed E-state index contributed by atoms with van der Waals surface area (Å²) >= 11 is 0. The summed E-state index contributed by atoms with van der Waals surface area (Å²) in [5.41, 5.74) is 1.97. The van der Waals surface area contributed by atoms with Gasteiger partial charge in [-0.25, -0.2) is 0 Å². The fourth-order valence-corrected chi connectivity index (χ4v) is 2.82. The lowest BCUT2D eigenvalue weighted by atomic mass is 10.1. The molecule has 0 spiro atoms. The number of nitrogens with zero attached hydrogens (tertiary/aromatic N) is 1. The fraction of sp³-hybridized carbons (Fsp3) is 0.579. The van der Waals surface area contributed by atoms with E-state index < -0.39 is 6.10 Å². The Balaban J connectivity index is 1.78. The highest BCUT2D eigenvalue weighted by Gasteiger charge is 2.13. The Labute approximate surface area is 134 Å². The number of aliphatic hydroxyl groups excluding tert-OH is 1. The quantitative estimate of drug-likeness (QED) is 0.774. The van der Waals surface area contributed by atoms with Crippen molar-refractivity contribution in [3.05, 3.63) is 42.0 Å². The largest absolute Gasteiger partial charge is 0.489 e. The van der Waals surface area contributed by atoms with Crippen LogP contribution in [0.15, 0.2) is 36.4 Å². The molecule has 1 aliphatic heterocycles. The molecule has 1 atom stereocenters. The molecule has 2 rings (SSSR count). The van der Waals surface area contributed by atoms with E-state index in [1.165, 1.54) is 38.8 Å². The standard InChI is InChI=1S/C19H29NO2/c1-16(2)15-22-18-9-7-17(8-10-18)19(21)11-14-20-12-5-3-4-6-13-20/h7-10,19,21H,1,3-6,11-15H2,2H3. The van der Waals surface area contributed by atoms with Gasteiger partial charge in [-0.1, -0.05) is 31.6 Å².